The number of phosphoric ester groups is 1. The fourth-order valence-electron chi connectivity index (χ4n) is 4.78. The topological polar surface area (TPSA) is 311 Å². The molecule has 4 aromatic rings. The predicted octanol–water partition coefficient (Wildman–Crippen LogP) is -1.31. The number of alkyl halides is 1. The molecule has 0 radical (unpaired) electrons. The van der Waals surface area contributed by atoms with Gasteiger partial charge in [0.1, 0.15) is 36.4 Å². The van der Waals surface area contributed by atoms with Crippen LogP contribution in [0, 0.1) is 0 Å². The smallest absolute Gasteiger partial charge is 0.394 e. The highest BCUT2D eigenvalue weighted by Crippen LogP contribution is 2.50. The Hall–Kier alpha value is -3.56. The molecule has 0 saturated carbocycles. The molecule has 2 aliphatic rings. The minimum atomic E-state index is -5.03. The third-order valence-electron chi connectivity index (χ3n) is 6.73. The lowest BCUT2D eigenvalue weighted by atomic mass is 10.1. The molecule has 0 spiro atoms. The zero-order chi connectivity index (χ0) is 31.8. The molecule has 0 aliphatic carbocycles. The van der Waals surface area contributed by atoms with E-state index in [2.05, 4.69) is 29.9 Å². The molecular formula is C20H25FN10O11P2. The number of rotatable bonds is 8. The number of aromatic nitrogens is 8. The zero-order valence-electron chi connectivity index (χ0n) is 22.1. The van der Waals surface area contributed by atoms with Gasteiger partial charge in [-0.2, -0.15) is 4.98 Å². The number of anilines is 2. The molecule has 4 aromatic heterocycles. The summed E-state index contributed by atoms with van der Waals surface area (Å²) >= 11 is 0. The van der Waals surface area contributed by atoms with Crippen molar-refractivity contribution in [3.63, 3.8) is 0 Å². The van der Waals surface area contributed by atoms with E-state index in [9.17, 15) is 24.5 Å². The monoisotopic (exact) mass is 662 g/mol. The van der Waals surface area contributed by atoms with Crippen LogP contribution in [0.2, 0.25) is 0 Å². The first kappa shape index (κ1) is 31.9. The van der Waals surface area contributed by atoms with Gasteiger partial charge in [-0.05, 0) is 0 Å². The molecule has 3 unspecified atom stereocenters. The van der Waals surface area contributed by atoms with Gasteiger partial charge in [-0.15, -0.1) is 0 Å². The van der Waals surface area contributed by atoms with Gasteiger partial charge < -0.3 is 40.9 Å². The van der Waals surface area contributed by atoms with Crippen molar-refractivity contribution in [3.05, 3.63) is 29.3 Å². The second kappa shape index (κ2) is 12.8. The Bertz CT molecular complexity index is 1760. The normalized spacial score (nSPS) is 28.3. The summed E-state index contributed by atoms with van der Waals surface area (Å²) in [6, 6.07) is 0. The van der Waals surface area contributed by atoms with Crippen molar-refractivity contribution in [2.45, 2.75) is 49.5 Å². The van der Waals surface area contributed by atoms with Crippen molar-refractivity contribution >= 4 is 50.6 Å². The summed E-state index contributed by atoms with van der Waals surface area (Å²) in [5, 5.41) is 20.1. The fourth-order valence-corrected chi connectivity index (χ4v) is 5.70. The summed E-state index contributed by atoms with van der Waals surface area (Å²) in [7, 11) is -5.87. The summed E-state index contributed by atoms with van der Waals surface area (Å²) < 4.78 is 60.7. The van der Waals surface area contributed by atoms with Crippen LogP contribution in [0.3, 0.4) is 0 Å². The number of fused-ring (bicyclic) bond motifs is 2. The second-order valence-electron chi connectivity index (χ2n) is 9.40. The molecule has 21 nitrogen and oxygen atoms in total. The van der Waals surface area contributed by atoms with E-state index in [1.54, 1.807) is 0 Å². The van der Waals surface area contributed by atoms with Crippen molar-refractivity contribution in [2.24, 2.45) is 0 Å². The van der Waals surface area contributed by atoms with E-state index in [4.69, 9.17) is 39.4 Å². The molecule has 2 saturated heterocycles. The van der Waals surface area contributed by atoms with Crippen LogP contribution in [0.5, 0.6) is 0 Å². The van der Waals surface area contributed by atoms with Gasteiger partial charge in [0.05, 0.1) is 32.0 Å². The van der Waals surface area contributed by atoms with Gasteiger partial charge in [-0.25, -0.2) is 33.5 Å². The van der Waals surface area contributed by atoms with Crippen LogP contribution in [-0.2, 0) is 27.7 Å². The first-order chi connectivity index (χ1) is 21.0. The average molecular weight is 662 g/mol. The standard InChI is InChI=1S/C20H24FN10O9P.HO2P/c21-11-8(2-32)39-19(31-6-27-13-17(31)28-20(23)29-18(13)34)14(11)40-41(35,36)37-3-9-7(33)1-10(38-9)30-5-26-12-15(22)24-4-25-16(12)30;1-3-2/h4-11,14,19,32-33H,1-3H2,(H,35,36)(H2,22,24,25)(H3,23,28,29,34);(H,1,2)/t7?,8-,9-,10-,11?,14+,19-;/m1./s1. The van der Waals surface area contributed by atoms with E-state index in [1.807, 2.05) is 0 Å². The Morgan fingerprint density at radius 3 is 2.57 bits per heavy atom. The number of phosphoric acid groups is 1. The third kappa shape index (κ3) is 6.17. The van der Waals surface area contributed by atoms with Gasteiger partial charge >= 0.3 is 16.5 Å². The Morgan fingerprint density at radius 1 is 1.14 bits per heavy atom. The molecule has 8 atom stereocenters. The average Bonchev–Trinajstić information content (AvgIpc) is 3.74. The van der Waals surface area contributed by atoms with E-state index in [-0.39, 0.29) is 29.4 Å². The van der Waals surface area contributed by atoms with Crippen LogP contribution in [0.4, 0.5) is 16.2 Å². The van der Waals surface area contributed by atoms with Crippen molar-refractivity contribution in [3.8, 4) is 0 Å². The Morgan fingerprint density at radius 2 is 1.84 bits per heavy atom. The van der Waals surface area contributed by atoms with Gasteiger partial charge in [0, 0.05) is 6.42 Å². The Balaban J connectivity index is 0.00000123. The number of ether oxygens (including phenoxy) is 2. The van der Waals surface area contributed by atoms with Crippen molar-refractivity contribution < 1.29 is 52.0 Å². The molecule has 0 bridgehead atoms. The molecule has 0 amide bonds. The minimum Gasteiger partial charge on any atom is -0.394 e. The number of H-pyrrole nitrogens is 1. The maximum Gasteiger partial charge on any atom is 0.472 e. The number of imidazole rings is 2. The third-order valence-corrected chi connectivity index (χ3v) is 7.71. The van der Waals surface area contributed by atoms with E-state index >= 15 is 4.39 Å². The van der Waals surface area contributed by atoms with Crippen LogP contribution in [-0.4, -0.2) is 103 Å². The van der Waals surface area contributed by atoms with Gasteiger partial charge in [0.2, 0.25) is 5.95 Å². The number of hydrogen-bond donors (Lipinski definition) is 7. The van der Waals surface area contributed by atoms with E-state index in [1.165, 1.54) is 17.2 Å². The number of nitrogens with two attached hydrogens (primary N) is 2. The number of nitrogens with zero attached hydrogens (tertiary/aromatic N) is 7. The maximum absolute atomic E-state index is 15.2. The van der Waals surface area contributed by atoms with Crippen LogP contribution in [0.25, 0.3) is 22.3 Å². The molecule has 24 heteroatoms. The SMILES string of the molecule is Nc1nc2c(ncn2[C@@H]2O[C@H](CO)C(F)[C@@H]2OP(=O)(O)OC[C@H]2O[C@@H](n3cnc4c(N)ncnc43)CC2O)c(=O)[nH]1.O=PO. The second-order valence-corrected chi connectivity index (χ2v) is 11.0. The van der Waals surface area contributed by atoms with E-state index in [0.29, 0.717) is 11.2 Å². The number of halogens is 1. The number of aromatic amines is 1. The summed E-state index contributed by atoms with van der Waals surface area (Å²) in [5.74, 6) is -0.108. The van der Waals surface area contributed by atoms with Crippen molar-refractivity contribution in [1.82, 2.24) is 39.0 Å². The van der Waals surface area contributed by atoms with Crippen LogP contribution < -0.4 is 17.0 Å². The lowest BCUT2D eigenvalue weighted by molar-refractivity contribution is -0.0593. The quantitative estimate of drug-likeness (QED) is 0.108. The lowest BCUT2D eigenvalue weighted by Gasteiger charge is -2.24. The largest absolute Gasteiger partial charge is 0.472 e. The van der Waals surface area contributed by atoms with Crippen LogP contribution in [0.1, 0.15) is 18.9 Å². The van der Waals surface area contributed by atoms with Gasteiger partial charge in [-0.3, -0.25) is 28.0 Å². The molecular weight excluding hydrogens is 637 g/mol. The molecule has 2 aliphatic heterocycles. The fraction of sp³-hybridized carbons (Fsp3) is 0.500. The number of nitrogens with one attached hydrogen (secondary N) is 1. The molecule has 6 rings (SSSR count). The molecule has 0 aromatic carbocycles. The Kier molecular flexibility index (Phi) is 9.28. The number of aliphatic hydroxyl groups is 2. The van der Waals surface area contributed by atoms with Crippen molar-refractivity contribution in [2.75, 3.05) is 24.7 Å². The summed E-state index contributed by atoms with van der Waals surface area (Å²) in [4.78, 5) is 51.9. The molecule has 238 valence electrons. The van der Waals surface area contributed by atoms with Crippen molar-refractivity contribution in [1.29, 1.82) is 0 Å². The summed E-state index contributed by atoms with van der Waals surface area (Å²) in [5.41, 5.74) is 11.2. The predicted molar refractivity (Wildman–Crippen MR) is 143 cm³/mol. The zero-order valence-corrected chi connectivity index (χ0v) is 23.9. The maximum atomic E-state index is 15.2. The number of nitrogen functional groups attached to an aromatic ring is 2. The highest BCUT2D eigenvalue weighted by molar-refractivity contribution is 7.47. The van der Waals surface area contributed by atoms with E-state index in [0.717, 1.165) is 10.9 Å². The number of hydrogen-bond acceptors (Lipinski definition) is 16. The molecule has 44 heavy (non-hydrogen) atoms. The molecule has 2 fully saturated rings. The summed E-state index contributed by atoms with van der Waals surface area (Å²) in [6.07, 6.45) is -6.03. The first-order valence-electron chi connectivity index (χ1n) is 12.5. The lowest BCUT2D eigenvalue weighted by Crippen LogP contribution is -2.32. The van der Waals surface area contributed by atoms with Crippen LogP contribution in [0.15, 0.2) is 23.8 Å². The van der Waals surface area contributed by atoms with Gasteiger partial charge in [0.15, 0.2) is 35.0 Å². The highest BCUT2D eigenvalue weighted by atomic mass is 31.2. The first-order valence-corrected chi connectivity index (χ1v) is 14.8. The summed E-state index contributed by atoms with van der Waals surface area (Å²) in [6.45, 7) is -1.41. The number of aliphatic hydroxyl groups excluding tert-OH is 2. The van der Waals surface area contributed by atoms with Crippen LogP contribution >= 0.6 is 16.5 Å². The minimum absolute atomic E-state index is 0.0617. The molecule has 9 N–H and O–H groups in total. The van der Waals surface area contributed by atoms with Gasteiger partial charge in [0.25, 0.3) is 5.56 Å². The van der Waals surface area contributed by atoms with E-state index < -0.39 is 78.3 Å². The Labute approximate surface area is 245 Å². The van der Waals surface area contributed by atoms with Gasteiger partial charge in [-0.1, -0.05) is 0 Å². The molecule has 6 heterocycles. The highest BCUT2D eigenvalue weighted by Gasteiger charge is 2.51.